The zero-order valence-electron chi connectivity index (χ0n) is 12.0. The molecule has 20 heavy (non-hydrogen) atoms. The van der Waals surface area contributed by atoms with Crippen molar-refractivity contribution in [3.8, 4) is 0 Å². The van der Waals surface area contributed by atoms with E-state index >= 15 is 0 Å². The molecule has 1 aliphatic carbocycles. The zero-order valence-corrected chi connectivity index (χ0v) is 12.0. The summed E-state index contributed by atoms with van der Waals surface area (Å²) in [4.78, 5) is 12.9. The van der Waals surface area contributed by atoms with Gasteiger partial charge >= 0.3 is 0 Å². The van der Waals surface area contributed by atoms with Crippen molar-refractivity contribution in [3.05, 3.63) is 18.5 Å². The number of piperidine rings is 1. The van der Waals surface area contributed by atoms with Gasteiger partial charge in [0.15, 0.2) is 0 Å². The van der Waals surface area contributed by atoms with E-state index in [0.717, 1.165) is 38.8 Å². The molecule has 1 aliphatic heterocycles. The third kappa shape index (κ3) is 2.59. The molecule has 5 nitrogen and oxygen atoms in total. The maximum atomic E-state index is 12.9. The van der Waals surface area contributed by atoms with Gasteiger partial charge in [-0.25, -0.2) is 0 Å². The van der Waals surface area contributed by atoms with Crippen LogP contribution in [0.2, 0.25) is 0 Å². The Morgan fingerprint density at radius 3 is 2.65 bits per heavy atom. The van der Waals surface area contributed by atoms with Crippen molar-refractivity contribution in [1.29, 1.82) is 0 Å². The number of nitrogens with one attached hydrogen (secondary N) is 2. The van der Waals surface area contributed by atoms with Crippen LogP contribution in [0.5, 0.6) is 0 Å². The van der Waals surface area contributed by atoms with E-state index < -0.39 is 5.54 Å². The molecule has 5 heteroatoms. The Balaban J connectivity index is 1.76. The lowest BCUT2D eigenvalue weighted by molar-refractivity contribution is -0.133. The van der Waals surface area contributed by atoms with Gasteiger partial charge in [0.25, 0.3) is 0 Å². The normalized spacial score (nSPS) is 23.4. The van der Waals surface area contributed by atoms with E-state index in [4.69, 9.17) is 0 Å². The van der Waals surface area contributed by atoms with Crippen LogP contribution in [0.1, 0.15) is 44.9 Å². The van der Waals surface area contributed by atoms with Crippen LogP contribution in [0.15, 0.2) is 18.5 Å². The number of hydrogen-bond acceptors (Lipinski definition) is 3. The monoisotopic (exact) mass is 276 g/mol. The molecule has 0 aromatic carbocycles. The van der Waals surface area contributed by atoms with Crippen LogP contribution >= 0.6 is 0 Å². The molecule has 2 fully saturated rings. The van der Waals surface area contributed by atoms with E-state index in [9.17, 15) is 4.79 Å². The van der Waals surface area contributed by atoms with Gasteiger partial charge in [-0.3, -0.25) is 9.48 Å². The molecule has 110 valence electrons. The van der Waals surface area contributed by atoms with E-state index in [0.29, 0.717) is 6.04 Å². The van der Waals surface area contributed by atoms with Crippen molar-refractivity contribution in [2.45, 2.75) is 56.5 Å². The van der Waals surface area contributed by atoms with Gasteiger partial charge in [0.2, 0.25) is 5.91 Å². The van der Waals surface area contributed by atoms with Crippen LogP contribution in [-0.4, -0.2) is 34.8 Å². The molecule has 0 atom stereocenters. The summed E-state index contributed by atoms with van der Waals surface area (Å²) in [6, 6.07) is 2.26. The van der Waals surface area contributed by atoms with Gasteiger partial charge in [-0.2, -0.15) is 5.10 Å². The van der Waals surface area contributed by atoms with Crippen molar-refractivity contribution >= 4 is 5.91 Å². The minimum atomic E-state index is -0.494. The van der Waals surface area contributed by atoms with E-state index in [1.807, 2.05) is 16.9 Å². The number of nitrogens with zero attached hydrogens (tertiary/aromatic N) is 2. The smallest absolute Gasteiger partial charge is 0.248 e. The molecule has 0 spiro atoms. The third-order valence-corrected chi connectivity index (χ3v) is 4.74. The molecular weight excluding hydrogens is 252 g/mol. The molecule has 1 aromatic rings. The number of hydrogen-bond donors (Lipinski definition) is 2. The van der Waals surface area contributed by atoms with Gasteiger partial charge in [0, 0.05) is 18.4 Å². The van der Waals surface area contributed by atoms with Gasteiger partial charge in [0.05, 0.1) is 0 Å². The second-order valence-corrected chi connectivity index (χ2v) is 6.04. The van der Waals surface area contributed by atoms with Crippen molar-refractivity contribution in [2.75, 3.05) is 13.1 Å². The molecule has 1 amide bonds. The van der Waals surface area contributed by atoms with Gasteiger partial charge in [-0.15, -0.1) is 0 Å². The van der Waals surface area contributed by atoms with Gasteiger partial charge in [-0.05, 0) is 44.8 Å². The maximum absolute atomic E-state index is 12.9. The zero-order chi connectivity index (χ0) is 13.8. The summed E-state index contributed by atoms with van der Waals surface area (Å²) < 4.78 is 1.87. The maximum Gasteiger partial charge on any atom is 0.248 e. The van der Waals surface area contributed by atoms with Crippen LogP contribution < -0.4 is 10.6 Å². The van der Waals surface area contributed by atoms with Crippen LogP contribution in [0.3, 0.4) is 0 Å². The lowest BCUT2D eigenvalue weighted by atomic mass is 9.86. The number of carbonyl (C=O) groups excluding carboxylic acids is 1. The summed E-state index contributed by atoms with van der Waals surface area (Å²) in [5.74, 6) is 0.162. The lowest BCUT2D eigenvalue weighted by Gasteiger charge is -2.38. The van der Waals surface area contributed by atoms with Crippen LogP contribution in [0.4, 0.5) is 0 Å². The quantitative estimate of drug-likeness (QED) is 0.877. The molecule has 0 bridgehead atoms. The lowest BCUT2D eigenvalue weighted by Crippen LogP contribution is -2.56. The minimum absolute atomic E-state index is 0.162. The Kier molecular flexibility index (Phi) is 4.05. The molecule has 2 heterocycles. The van der Waals surface area contributed by atoms with Gasteiger partial charge < -0.3 is 10.6 Å². The minimum Gasteiger partial charge on any atom is -0.351 e. The van der Waals surface area contributed by atoms with Gasteiger partial charge in [0.1, 0.15) is 5.54 Å². The average Bonchev–Trinajstić information content (AvgIpc) is 3.04. The molecule has 2 N–H and O–H groups in total. The predicted molar refractivity (Wildman–Crippen MR) is 77.3 cm³/mol. The summed E-state index contributed by atoms with van der Waals surface area (Å²) in [6.07, 6.45) is 11.3. The Hall–Kier alpha value is -1.36. The highest BCUT2D eigenvalue weighted by Gasteiger charge is 2.42. The standard InChI is InChI=1S/C15H24N4O/c20-14(18-13-5-2-1-3-6-13)15(7-10-16-11-8-15)19-12-4-9-17-19/h4,9,12-13,16H,1-3,5-8,10-11H2,(H,18,20). The molecular formula is C15H24N4O. The topological polar surface area (TPSA) is 59.0 Å². The van der Waals surface area contributed by atoms with E-state index in [1.165, 1.54) is 19.3 Å². The van der Waals surface area contributed by atoms with Crippen molar-refractivity contribution < 1.29 is 4.79 Å². The van der Waals surface area contributed by atoms with Crippen LogP contribution in [-0.2, 0) is 10.3 Å². The summed E-state index contributed by atoms with van der Waals surface area (Å²) in [5, 5.41) is 11.0. The van der Waals surface area contributed by atoms with E-state index in [-0.39, 0.29) is 5.91 Å². The Morgan fingerprint density at radius 2 is 2.00 bits per heavy atom. The highest BCUT2D eigenvalue weighted by atomic mass is 16.2. The van der Waals surface area contributed by atoms with Crippen molar-refractivity contribution in [3.63, 3.8) is 0 Å². The van der Waals surface area contributed by atoms with E-state index in [2.05, 4.69) is 15.7 Å². The molecule has 3 rings (SSSR count). The fraction of sp³-hybridized carbons (Fsp3) is 0.733. The molecule has 1 saturated carbocycles. The van der Waals surface area contributed by atoms with Gasteiger partial charge in [-0.1, -0.05) is 19.3 Å². The first-order valence-corrected chi connectivity index (χ1v) is 7.83. The summed E-state index contributed by atoms with van der Waals surface area (Å²) in [5.41, 5.74) is -0.494. The fourth-order valence-electron chi connectivity index (χ4n) is 3.49. The van der Waals surface area contributed by atoms with E-state index in [1.54, 1.807) is 6.20 Å². The van der Waals surface area contributed by atoms with Crippen molar-refractivity contribution in [1.82, 2.24) is 20.4 Å². The first kappa shape index (κ1) is 13.6. The second-order valence-electron chi connectivity index (χ2n) is 6.04. The Morgan fingerprint density at radius 1 is 1.25 bits per heavy atom. The Labute approximate surface area is 120 Å². The fourth-order valence-corrected chi connectivity index (χ4v) is 3.49. The number of rotatable bonds is 3. The SMILES string of the molecule is O=C(NC1CCCCC1)C1(n2cccn2)CCNCC1. The number of amides is 1. The summed E-state index contributed by atoms with van der Waals surface area (Å²) >= 11 is 0. The Bertz CT molecular complexity index is 431. The molecule has 0 radical (unpaired) electrons. The van der Waals surface area contributed by atoms with Crippen LogP contribution in [0.25, 0.3) is 0 Å². The second kappa shape index (κ2) is 5.95. The highest BCUT2D eigenvalue weighted by molar-refractivity contribution is 5.84. The summed E-state index contributed by atoms with van der Waals surface area (Å²) in [7, 11) is 0. The van der Waals surface area contributed by atoms with Crippen LogP contribution in [0, 0.1) is 0 Å². The molecule has 2 aliphatic rings. The van der Waals surface area contributed by atoms with Crippen molar-refractivity contribution in [2.24, 2.45) is 0 Å². The molecule has 1 aromatic heterocycles. The highest BCUT2D eigenvalue weighted by Crippen LogP contribution is 2.28. The third-order valence-electron chi connectivity index (χ3n) is 4.74. The first-order valence-electron chi connectivity index (χ1n) is 7.83. The molecule has 0 unspecified atom stereocenters. The average molecular weight is 276 g/mol. The number of aromatic nitrogens is 2. The predicted octanol–water partition coefficient (Wildman–Crippen LogP) is 1.41. The number of carbonyl (C=O) groups is 1. The summed E-state index contributed by atoms with van der Waals surface area (Å²) in [6.45, 7) is 1.75. The molecule has 1 saturated heterocycles. The largest absolute Gasteiger partial charge is 0.351 e. The first-order chi connectivity index (χ1) is 9.81.